The highest BCUT2D eigenvalue weighted by molar-refractivity contribution is 5.85. The Labute approximate surface area is 138 Å². The average molecular weight is 334 g/mol. The largest absolute Gasteiger partial charge is 0.395 e. The standard InChI is InChI=1S/C16H27NO4.ClH/c1-2-16(14-6-4-3-5-7-14)21-13-15(20)12-17(8-10-18)9-11-19;/h3-7,15-16,18-20H,2,8-13H2,1H3;1H. The van der Waals surface area contributed by atoms with Crippen molar-refractivity contribution in [3.63, 3.8) is 0 Å². The van der Waals surface area contributed by atoms with Gasteiger partial charge in [0.25, 0.3) is 0 Å². The van der Waals surface area contributed by atoms with Crippen molar-refractivity contribution >= 4 is 12.4 Å². The van der Waals surface area contributed by atoms with E-state index in [1.54, 1.807) is 0 Å². The van der Waals surface area contributed by atoms with Gasteiger partial charge in [-0.25, -0.2) is 0 Å². The molecule has 0 bridgehead atoms. The molecule has 0 aliphatic rings. The molecule has 128 valence electrons. The molecule has 0 amide bonds. The highest BCUT2D eigenvalue weighted by Crippen LogP contribution is 2.20. The fraction of sp³-hybridized carbons (Fsp3) is 0.625. The predicted molar refractivity (Wildman–Crippen MR) is 89.3 cm³/mol. The number of hydrogen-bond acceptors (Lipinski definition) is 5. The van der Waals surface area contributed by atoms with E-state index in [1.165, 1.54) is 0 Å². The highest BCUT2D eigenvalue weighted by atomic mass is 35.5. The molecule has 22 heavy (non-hydrogen) atoms. The lowest BCUT2D eigenvalue weighted by Crippen LogP contribution is -2.38. The van der Waals surface area contributed by atoms with Crippen molar-refractivity contribution in [2.75, 3.05) is 39.5 Å². The summed E-state index contributed by atoms with van der Waals surface area (Å²) in [6.07, 6.45) is 0.180. The van der Waals surface area contributed by atoms with Gasteiger partial charge in [0.15, 0.2) is 0 Å². The van der Waals surface area contributed by atoms with Gasteiger partial charge in [0.1, 0.15) is 0 Å². The third-order valence-corrected chi connectivity index (χ3v) is 3.33. The number of aliphatic hydroxyl groups is 3. The molecule has 1 aromatic rings. The minimum Gasteiger partial charge on any atom is -0.395 e. The summed E-state index contributed by atoms with van der Waals surface area (Å²) >= 11 is 0. The Hall–Kier alpha value is -0.690. The van der Waals surface area contributed by atoms with Crippen molar-refractivity contribution in [2.24, 2.45) is 0 Å². The van der Waals surface area contributed by atoms with Gasteiger partial charge in [-0.1, -0.05) is 37.3 Å². The summed E-state index contributed by atoms with van der Waals surface area (Å²) in [4.78, 5) is 1.82. The summed E-state index contributed by atoms with van der Waals surface area (Å²) in [6.45, 7) is 3.56. The summed E-state index contributed by atoms with van der Waals surface area (Å²) in [5.41, 5.74) is 1.11. The van der Waals surface area contributed by atoms with Gasteiger partial charge in [-0.2, -0.15) is 0 Å². The number of rotatable bonds is 11. The van der Waals surface area contributed by atoms with E-state index in [2.05, 4.69) is 0 Å². The molecule has 0 aromatic heterocycles. The van der Waals surface area contributed by atoms with Gasteiger partial charge < -0.3 is 20.1 Å². The van der Waals surface area contributed by atoms with Gasteiger partial charge >= 0.3 is 0 Å². The van der Waals surface area contributed by atoms with Crippen LogP contribution in [0.4, 0.5) is 0 Å². The monoisotopic (exact) mass is 333 g/mol. The van der Waals surface area contributed by atoms with Crippen LogP contribution in [0.2, 0.25) is 0 Å². The number of nitrogens with zero attached hydrogens (tertiary/aromatic N) is 1. The van der Waals surface area contributed by atoms with E-state index in [0.29, 0.717) is 19.6 Å². The first-order valence-electron chi connectivity index (χ1n) is 7.49. The third-order valence-electron chi connectivity index (χ3n) is 3.33. The van der Waals surface area contributed by atoms with E-state index in [9.17, 15) is 5.11 Å². The molecule has 0 saturated carbocycles. The zero-order valence-electron chi connectivity index (χ0n) is 13.1. The smallest absolute Gasteiger partial charge is 0.0900 e. The minimum atomic E-state index is -0.638. The molecule has 1 aromatic carbocycles. The van der Waals surface area contributed by atoms with Crippen LogP contribution in [-0.4, -0.2) is 65.8 Å². The summed E-state index contributed by atoms with van der Waals surface area (Å²) in [5.74, 6) is 0. The molecule has 2 unspecified atom stereocenters. The lowest BCUT2D eigenvalue weighted by Gasteiger charge is -2.25. The molecule has 0 saturated heterocycles. The van der Waals surface area contributed by atoms with Crippen molar-refractivity contribution in [1.82, 2.24) is 4.90 Å². The van der Waals surface area contributed by atoms with Crippen LogP contribution in [0.3, 0.4) is 0 Å². The van der Waals surface area contributed by atoms with Crippen molar-refractivity contribution < 1.29 is 20.1 Å². The van der Waals surface area contributed by atoms with Gasteiger partial charge in [0.05, 0.1) is 32.0 Å². The maximum atomic E-state index is 10.0. The van der Waals surface area contributed by atoms with Gasteiger partial charge in [-0.3, -0.25) is 4.90 Å². The topological polar surface area (TPSA) is 73.2 Å². The van der Waals surface area contributed by atoms with Crippen LogP contribution >= 0.6 is 12.4 Å². The molecule has 0 aliphatic heterocycles. The number of hydrogen-bond donors (Lipinski definition) is 3. The highest BCUT2D eigenvalue weighted by Gasteiger charge is 2.15. The van der Waals surface area contributed by atoms with Crippen molar-refractivity contribution in [3.8, 4) is 0 Å². The molecule has 0 radical (unpaired) electrons. The third kappa shape index (κ3) is 8.08. The fourth-order valence-electron chi connectivity index (χ4n) is 2.27. The normalized spacial score (nSPS) is 13.7. The molecular formula is C16H28ClNO4. The Morgan fingerprint density at radius 3 is 2.18 bits per heavy atom. The van der Waals surface area contributed by atoms with Gasteiger partial charge in [-0.05, 0) is 12.0 Å². The lowest BCUT2D eigenvalue weighted by atomic mass is 10.1. The van der Waals surface area contributed by atoms with Crippen LogP contribution in [0, 0.1) is 0 Å². The average Bonchev–Trinajstić information content (AvgIpc) is 2.49. The van der Waals surface area contributed by atoms with Crippen LogP contribution in [0.15, 0.2) is 30.3 Å². The fourth-order valence-corrected chi connectivity index (χ4v) is 2.27. The quantitative estimate of drug-likeness (QED) is 0.568. The van der Waals surface area contributed by atoms with Gasteiger partial charge in [-0.15, -0.1) is 12.4 Å². The lowest BCUT2D eigenvalue weighted by molar-refractivity contribution is -0.0260. The molecule has 6 heteroatoms. The predicted octanol–water partition coefficient (Wildman–Crippen LogP) is 1.22. The molecule has 3 N–H and O–H groups in total. The van der Waals surface area contributed by atoms with Crippen LogP contribution in [0.25, 0.3) is 0 Å². The molecule has 2 atom stereocenters. The van der Waals surface area contributed by atoms with Crippen molar-refractivity contribution in [2.45, 2.75) is 25.6 Å². The maximum Gasteiger partial charge on any atom is 0.0900 e. The second-order valence-corrected chi connectivity index (χ2v) is 5.04. The molecule has 5 nitrogen and oxygen atoms in total. The second-order valence-electron chi connectivity index (χ2n) is 5.04. The number of ether oxygens (including phenoxy) is 1. The van der Waals surface area contributed by atoms with E-state index in [1.807, 2.05) is 42.2 Å². The Kier molecular flexibility index (Phi) is 12.4. The zero-order chi connectivity index (χ0) is 15.5. The Bertz CT molecular complexity index is 360. The second kappa shape index (κ2) is 12.8. The number of aliphatic hydroxyl groups excluding tert-OH is 3. The van der Waals surface area contributed by atoms with Gasteiger partial charge in [0, 0.05) is 19.6 Å². The van der Waals surface area contributed by atoms with Crippen LogP contribution in [0.5, 0.6) is 0 Å². The van der Waals surface area contributed by atoms with Crippen molar-refractivity contribution in [3.05, 3.63) is 35.9 Å². The number of benzene rings is 1. The first-order chi connectivity index (χ1) is 10.2. The van der Waals surface area contributed by atoms with E-state index in [-0.39, 0.29) is 38.3 Å². The molecule has 0 spiro atoms. The first kappa shape index (κ1) is 21.3. The molecular weight excluding hydrogens is 306 g/mol. The van der Waals surface area contributed by atoms with Crippen LogP contribution in [0.1, 0.15) is 25.0 Å². The molecule has 0 heterocycles. The van der Waals surface area contributed by atoms with E-state index >= 15 is 0 Å². The Balaban J connectivity index is 0.00000441. The molecule has 1 rings (SSSR count). The minimum absolute atomic E-state index is 0. The SMILES string of the molecule is CCC(OCC(O)CN(CCO)CCO)c1ccccc1.Cl. The van der Waals surface area contributed by atoms with Crippen molar-refractivity contribution in [1.29, 1.82) is 0 Å². The Morgan fingerprint density at radius 1 is 1.09 bits per heavy atom. The van der Waals surface area contributed by atoms with Gasteiger partial charge in [0.2, 0.25) is 0 Å². The van der Waals surface area contributed by atoms with E-state index in [4.69, 9.17) is 14.9 Å². The van der Waals surface area contributed by atoms with E-state index < -0.39 is 6.10 Å². The summed E-state index contributed by atoms with van der Waals surface area (Å²) < 4.78 is 5.79. The molecule has 0 aliphatic carbocycles. The maximum absolute atomic E-state index is 10.0. The number of halogens is 1. The Morgan fingerprint density at radius 2 is 1.68 bits per heavy atom. The van der Waals surface area contributed by atoms with Crippen LogP contribution in [-0.2, 0) is 4.74 Å². The summed E-state index contributed by atoms with van der Waals surface area (Å²) in [6, 6.07) is 9.95. The summed E-state index contributed by atoms with van der Waals surface area (Å²) in [7, 11) is 0. The zero-order valence-corrected chi connectivity index (χ0v) is 13.9. The molecule has 0 fully saturated rings. The van der Waals surface area contributed by atoms with E-state index in [0.717, 1.165) is 12.0 Å². The first-order valence-corrected chi connectivity index (χ1v) is 7.49. The van der Waals surface area contributed by atoms with Crippen LogP contribution < -0.4 is 0 Å². The summed E-state index contributed by atoms with van der Waals surface area (Å²) in [5, 5.41) is 27.9.